The molecular formula is C15H12BrClN4O5S. The van der Waals surface area contributed by atoms with Crippen molar-refractivity contribution >= 4 is 66.1 Å². The molecular weight excluding hydrogens is 464 g/mol. The zero-order valence-corrected chi connectivity index (χ0v) is 16.8. The van der Waals surface area contributed by atoms with Crippen molar-refractivity contribution in [2.24, 2.45) is 5.73 Å². The molecule has 1 heterocycles. The number of nitrogens with zero attached hydrogens (tertiary/aromatic N) is 1. The summed E-state index contributed by atoms with van der Waals surface area (Å²) in [5, 5.41) is -0.254. The van der Waals surface area contributed by atoms with E-state index < -0.39 is 21.8 Å². The SMILES string of the molecule is CN(C(N)=O)c1cccc(NS(=O)(=O)c2c(Br)cc3[nH]c(=O)oc3c2Cl)c1. The van der Waals surface area contributed by atoms with E-state index in [9.17, 15) is 18.0 Å². The van der Waals surface area contributed by atoms with Crippen molar-refractivity contribution in [3.63, 3.8) is 0 Å². The Balaban J connectivity index is 2.06. The van der Waals surface area contributed by atoms with Gasteiger partial charge in [0, 0.05) is 17.2 Å². The molecule has 4 N–H and O–H groups in total. The lowest BCUT2D eigenvalue weighted by molar-refractivity contribution is 0.255. The van der Waals surface area contributed by atoms with Gasteiger partial charge >= 0.3 is 11.8 Å². The van der Waals surface area contributed by atoms with E-state index in [0.717, 1.165) is 4.90 Å². The molecule has 27 heavy (non-hydrogen) atoms. The van der Waals surface area contributed by atoms with E-state index in [1.54, 1.807) is 12.1 Å². The van der Waals surface area contributed by atoms with Gasteiger partial charge in [-0.3, -0.25) is 14.6 Å². The van der Waals surface area contributed by atoms with Crippen molar-refractivity contribution < 1.29 is 17.6 Å². The van der Waals surface area contributed by atoms with E-state index in [0.29, 0.717) is 5.69 Å². The van der Waals surface area contributed by atoms with Crippen LogP contribution in [0.5, 0.6) is 0 Å². The molecule has 9 nitrogen and oxygen atoms in total. The average molecular weight is 476 g/mol. The van der Waals surface area contributed by atoms with Gasteiger partial charge < -0.3 is 10.2 Å². The Hall–Kier alpha value is -2.50. The molecule has 0 spiro atoms. The maximum atomic E-state index is 12.8. The van der Waals surface area contributed by atoms with Crippen LogP contribution in [-0.4, -0.2) is 26.5 Å². The second-order valence-electron chi connectivity index (χ2n) is 5.45. The Morgan fingerprint density at radius 2 is 2.07 bits per heavy atom. The van der Waals surface area contributed by atoms with Crippen LogP contribution in [0.25, 0.3) is 11.1 Å². The highest BCUT2D eigenvalue weighted by molar-refractivity contribution is 9.10. The minimum Gasteiger partial charge on any atom is -0.406 e. The fourth-order valence-corrected chi connectivity index (χ4v) is 5.27. The number of nitrogens with one attached hydrogen (secondary N) is 2. The Morgan fingerprint density at radius 3 is 2.74 bits per heavy atom. The summed E-state index contributed by atoms with van der Waals surface area (Å²) >= 11 is 9.31. The van der Waals surface area contributed by atoms with E-state index in [4.69, 9.17) is 21.8 Å². The highest BCUT2D eigenvalue weighted by atomic mass is 79.9. The van der Waals surface area contributed by atoms with Crippen LogP contribution < -0.4 is 21.1 Å². The number of H-pyrrole nitrogens is 1. The van der Waals surface area contributed by atoms with Gasteiger partial charge in [-0.1, -0.05) is 17.7 Å². The molecule has 0 atom stereocenters. The molecule has 12 heteroatoms. The van der Waals surface area contributed by atoms with Gasteiger partial charge in [0.15, 0.2) is 5.58 Å². The van der Waals surface area contributed by atoms with Crippen LogP contribution in [0, 0.1) is 0 Å². The van der Waals surface area contributed by atoms with E-state index >= 15 is 0 Å². The first-order chi connectivity index (χ1) is 12.6. The lowest BCUT2D eigenvalue weighted by Gasteiger charge is -2.16. The van der Waals surface area contributed by atoms with Gasteiger partial charge in [-0.2, -0.15) is 0 Å². The number of oxazole rings is 1. The predicted molar refractivity (Wildman–Crippen MR) is 105 cm³/mol. The standard InChI is InChI=1S/C15H12BrClN4O5S/c1-21(14(18)22)8-4-2-3-7(5-8)20-27(24,25)13-9(16)6-10-12(11(13)17)26-15(23)19-10/h2-6,20H,1H3,(H2,18,22)(H,19,23). The molecule has 0 fully saturated rings. The third kappa shape index (κ3) is 3.66. The molecule has 0 bridgehead atoms. The molecule has 2 amide bonds. The fourth-order valence-electron chi connectivity index (χ4n) is 2.36. The van der Waals surface area contributed by atoms with Gasteiger partial charge in [0.05, 0.1) is 11.2 Å². The zero-order valence-electron chi connectivity index (χ0n) is 13.6. The van der Waals surface area contributed by atoms with Gasteiger partial charge in [0.1, 0.15) is 9.92 Å². The largest absolute Gasteiger partial charge is 0.417 e. The summed E-state index contributed by atoms with van der Waals surface area (Å²) in [6.07, 6.45) is 0. The zero-order chi connectivity index (χ0) is 19.9. The number of aromatic nitrogens is 1. The van der Waals surface area contributed by atoms with Crippen molar-refractivity contribution in [1.29, 1.82) is 0 Å². The van der Waals surface area contributed by atoms with Crippen LogP contribution in [0.1, 0.15) is 0 Å². The number of carbonyl (C=O) groups excluding carboxylic acids is 1. The topological polar surface area (TPSA) is 138 Å². The molecule has 0 radical (unpaired) electrons. The molecule has 142 valence electrons. The molecule has 3 rings (SSSR count). The van der Waals surface area contributed by atoms with Crippen LogP contribution in [-0.2, 0) is 10.0 Å². The number of hydrogen-bond acceptors (Lipinski definition) is 5. The number of primary amides is 1. The lowest BCUT2D eigenvalue weighted by atomic mass is 10.3. The minimum atomic E-state index is -4.16. The number of fused-ring (bicyclic) bond motifs is 1. The quantitative estimate of drug-likeness (QED) is 0.532. The fraction of sp³-hybridized carbons (Fsp3) is 0.0667. The number of amides is 2. The number of rotatable bonds is 4. The smallest absolute Gasteiger partial charge is 0.406 e. The molecule has 0 aliphatic heterocycles. The van der Waals surface area contributed by atoms with Crippen molar-refractivity contribution in [2.45, 2.75) is 4.90 Å². The average Bonchev–Trinajstić information content (AvgIpc) is 2.94. The van der Waals surface area contributed by atoms with Crippen LogP contribution in [0.2, 0.25) is 5.02 Å². The Labute approximate surface area is 166 Å². The Morgan fingerprint density at radius 1 is 1.37 bits per heavy atom. The minimum absolute atomic E-state index is 0.0764. The molecule has 0 aliphatic carbocycles. The second-order valence-corrected chi connectivity index (χ2v) is 8.30. The third-order valence-electron chi connectivity index (χ3n) is 3.65. The van der Waals surface area contributed by atoms with Gasteiger partial charge in [0.2, 0.25) is 0 Å². The van der Waals surface area contributed by atoms with E-state index in [1.165, 1.54) is 25.2 Å². The van der Waals surface area contributed by atoms with E-state index in [2.05, 4.69) is 25.6 Å². The maximum Gasteiger partial charge on any atom is 0.417 e. The summed E-state index contributed by atoms with van der Waals surface area (Å²) in [6, 6.07) is 6.74. The summed E-state index contributed by atoms with van der Waals surface area (Å²) < 4.78 is 33.1. The number of aromatic amines is 1. The number of nitrogens with two attached hydrogens (primary N) is 1. The first-order valence-electron chi connectivity index (χ1n) is 7.27. The number of urea groups is 1. The summed E-state index contributed by atoms with van der Waals surface area (Å²) in [6.45, 7) is 0. The van der Waals surface area contributed by atoms with Crippen LogP contribution in [0.3, 0.4) is 0 Å². The van der Waals surface area contributed by atoms with Crippen LogP contribution in [0.4, 0.5) is 16.2 Å². The normalized spacial score (nSPS) is 11.5. The molecule has 1 aromatic heterocycles. The molecule has 0 unspecified atom stereocenters. The first-order valence-corrected chi connectivity index (χ1v) is 9.92. The first kappa shape index (κ1) is 19.3. The molecule has 0 saturated carbocycles. The number of halogens is 2. The summed E-state index contributed by atoms with van der Waals surface area (Å²) in [5.41, 5.74) is 5.96. The molecule has 0 saturated heterocycles. The monoisotopic (exact) mass is 474 g/mol. The van der Waals surface area contributed by atoms with Crippen LogP contribution in [0.15, 0.2) is 48.9 Å². The summed E-state index contributed by atoms with van der Waals surface area (Å²) in [7, 11) is -2.71. The lowest BCUT2D eigenvalue weighted by Crippen LogP contribution is -2.31. The third-order valence-corrected chi connectivity index (χ3v) is 6.47. The number of carbonyl (C=O) groups is 1. The summed E-state index contributed by atoms with van der Waals surface area (Å²) in [5.74, 6) is -0.761. The number of hydrogen-bond donors (Lipinski definition) is 3. The van der Waals surface area contributed by atoms with Crippen molar-refractivity contribution in [3.8, 4) is 0 Å². The van der Waals surface area contributed by atoms with Gasteiger partial charge in [-0.25, -0.2) is 18.0 Å². The van der Waals surface area contributed by atoms with Crippen LogP contribution >= 0.6 is 27.5 Å². The molecule has 0 aliphatic rings. The molecule has 3 aromatic rings. The maximum absolute atomic E-state index is 12.8. The Kier molecular flexibility index (Phi) is 4.93. The van der Waals surface area contributed by atoms with Crippen molar-refractivity contribution in [2.75, 3.05) is 16.7 Å². The van der Waals surface area contributed by atoms with E-state index in [-0.39, 0.29) is 31.2 Å². The number of anilines is 2. The van der Waals surface area contributed by atoms with E-state index in [1.807, 2.05) is 0 Å². The number of sulfonamides is 1. The number of benzene rings is 2. The van der Waals surface area contributed by atoms with Gasteiger partial charge in [-0.05, 0) is 40.2 Å². The second kappa shape index (κ2) is 6.91. The highest BCUT2D eigenvalue weighted by Gasteiger charge is 2.26. The highest BCUT2D eigenvalue weighted by Crippen LogP contribution is 2.36. The van der Waals surface area contributed by atoms with Gasteiger partial charge in [-0.15, -0.1) is 0 Å². The summed E-state index contributed by atoms with van der Waals surface area (Å²) in [4.78, 5) is 25.9. The van der Waals surface area contributed by atoms with Gasteiger partial charge in [0.25, 0.3) is 10.0 Å². The predicted octanol–water partition coefficient (Wildman–Crippen LogP) is 2.85. The van der Waals surface area contributed by atoms with Crippen molar-refractivity contribution in [1.82, 2.24) is 4.98 Å². The van der Waals surface area contributed by atoms with Crippen molar-refractivity contribution in [3.05, 3.63) is 50.4 Å². The molecule has 2 aromatic carbocycles. The Bertz CT molecular complexity index is 1220.